The van der Waals surface area contributed by atoms with Crippen molar-refractivity contribution in [2.75, 3.05) is 13.2 Å². The number of β-amino-alcohol motifs (C(OH)–C–C–N with tert-alkyl or cyclic N) is 1. The molecule has 6 nitrogen and oxygen atoms in total. The molecule has 2 atom stereocenters. The molecule has 7 heteroatoms. The number of para-hydroxylation sites is 1. The summed E-state index contributed by atoms with van der Waals surface area (Å²) in [5.74, 6) is -0.962. The van der Waals surface area contributed by atoms with Crippen molar-refractivity contribution in [3.8, 4) is 5.75 Å². The number of hydrogen-bond donors (Lipinski definition) is 2. The van der Waals surface area contributed by atoms with Gasteiger partial charge in [-0.3, -0.25) is 9.69 Å². The molecule has 2 N–H and O–H groups in total. The lowest BCUT2D eigenvalue weighted by molar-refractivity contribution is -0.132. The van der Waals surface area contributed by atoms with Crippen LogP contribution in [0.15, 0.2) is 42.5 Å². The quantitative estimate of drug-likeness (QED) is 0.733. The van der Waals surface area contributed by atoms with Crippen LogP contribution in [-0.2, 0) is 23.2 Å². The molecule has 3 amide bonds. The maximum absolute atomic E-state index is 13.6. The molecule has 2 aromatic carbocycles. The molecule has 4 rings (SSSR count). The summed E-state index contributed by atoms with van der Waals surface area (Å²) in [6, 6.07) is 11.2. The zero-order valence-electron chi connectivity index (χ0n) is 16.2. The lowest BCUT2D eigenvalue weighted by Gasteiger charge is -2.24. The van der Waals surface area contributed by atoms with Crippen molar-refractivity contribution in [1.82, 2.24) is 10.2 Å². The molecule has 1 aliphatic heterocycles. The van der Waals surface area contributed by atoms with Gasteiger partial charge in [0.1, 0.15) is 18.2 Å². The summed E-state index contributed by atoms with van der Waals surface area (Å²) < 4.78 is 18.9. The predicted octanol–water partition coefficient (Wildman–Crippen LogP) is 2.52. The number of hydrogen-bond acceptors (Lipinski definition) is 4. The fourth-order valence-corrected chi connectivity index (χ4v) is 3.95. The molecular formula is C22H23FN2O4. The molecule has 2 aromatic rings. The van der Waals surface area contributed by atoms with Crippen LogP contribution < -0.4 is 10.1 Å². The number of nitrogens with zero attached hydrogens (tertiary/aromatic N) is 1. The number of halogens is 1. The SMILES string of the molecule is C[C@]1(c2ccc3c(c2)CCC3)NC(=O)N(C[C@H](O)COc2ccccc2F)C1=O. The molecule has 1 aliphatic carbocycles. The van der Waals surface area contributed by atoms with Crippen molar-refractivity contribution in [3.63, 3.8) is 0 Å². The number of aliphatic hydroxyl groups is 1. The summed E-state index contributed by atoms with van der Waals surface area (Å²) in [7, 11) is 0. The van der Waals surface area contributed by atoms with E-state index in [0.717, 1.165) is 29.7 Å². The summed E-state index contributed by atoms with van der Waals surface area (Å²) >= 11 is 0. The van der Waals surface area contributed by atoms with E-state index in [0.29, 0.717) is 0 Å². The third kappa shape index (κ3) is 3.58. The van der Waals surface area contributed by atoms with Gasteiger partial charge in [-0.15, -0.1) is 0 Å². The first-order valence-corrected chi connectivity index (χ1v) is 9.70. The molecular weight excluding hydrogens is 375 g/mol. The van der Waals surface area contributed by atoms with E-state index in [1.807, 2.05) is 18.2 Å². The first-order valence-electron chi connectivity index (χ1n) is 9.70. The van der Waals surface area contributed by atoms with Crippen LogP contribution in [-0.4, -0.2) is 41.2 Å². The van der Waals surface area contributed by atoms with Crippen LogP contribution in [0.25, 0.3) is 0 Å². The average Bonchev–Trinajstić information content (AvgIpc) is 3.26. The second-order valence-corrected chi connectivity index (χ2v) is 7.70. The Kier molecular flexibility index (Phi) is 5.00. The molecule has 1 fully saturated rings. The standard InChI is InChI=1S/C22H23FN2O4/c1-22(16-10-9-14-5-4-6-15(14)11-16)20(27)25(21(28)24-22)12-17(26)13-29-19-8-3-2-7-18(19)23/h2-3,7-11,17,26H,4-6,12-13H2,1H3,(H,24,28)/t17-,22+/m0/s1. The van der Waals surface area contributed by atoms with E-state index in [9.17, 15) is 19.1 Å². The van der Waals surface area contributed by atoms with Crippen LogP contribution in [0, 0.1) is 5.82 Å². The first kappa shape index (κ1) is 19.4. The van der Waals surface area contributed by atoms with Crippen molar-refractivity contribution in [2.24, 2.45) is 0 Å². The van der Waals surface area contributed by atoms with Crippen molar-refractivity contribution in [2.45, 2.75) is 37.8 Å². The number of amides is 3. The van der Waals surface area contributed by atoms with Crippen LogP contribution in [0.1, 0.15) is 30.0 Å². The van der Waals surface area contributed by atoms with E-state index >= 15 is 0 Å². The number of nitrogens with one attached hydrogen (secondary N) is 1. The van der Waals surface area contributed by atoms with Gasteiger partial charge in [0.15, 0.2) is 11.6 Å². The van der Waals surface area contributed by atoms with Crippen molar-refractivity contribution in [1.29, 1.82) is 0 Å². The third-order valence-electron chi connectivity index (χ3n) is 5.61. The molecule has 1 saturated heterocycles. The lowest BCUT2D eigenvalue weighted by Crippen LogP contribution is -2.42. The summed E-state index contributed by atoms with van der Waals surface area (Å²) in [6.45, 7) is 1.19. The Hall–Kier alpha value is -2.93. The highest BCUT2D eigenvalue weighted by molar-refractivity contribution is 6.07. The van der Waals surface area contributed by atoms with E-state index < -0.39 is 29.4 Å². The second-order valence-electron chi connectivity index (χ2n) is 7.70. The van der Waals surface area contributed by atoms with Gasteiger partial charge < -0.3 is 15.2 Å². The van der Waals surface area contributed by atoms with Crippen LogP contribution >= 0.6 is 0 Å². The van der Waals surface area contributed by atoms with Crippen LogP contribution in [0.3, 0.4) is 0 Å². The van der Waals surface area contributed by atoms with Gasteiger partial charge in [-0.2, -0.15) is 0 Å². The van der Waals surface area contributed by atoms with Crippen molar-refractivity contribution < 1.29 is 23.8 Å². The normalized spacial score (nSPS) is 21.8. The van der Waals surface area contributed by atoms with Gasteiger partial charge in [-0.1, -0.05) is 30.3 Å². The van der Waals surface area contributed by atoms with E-state index in [1.165, 1.54) is 29.3 Å². The molecule has 1 heterocycles. The molecule has 29 heavy (non-hydrogen) atoms. The van der Waals surface area contributed by atoms with Crippen molar-refractivity contribution in [3.05, 3.63) is 65.0 Å². The number of fused-ring (bicyclic) bond motifs is 1. The number of urea groups is 1. The van der Waals surface area contributed by atoms with Gasteiger partial charge in [0.25, 0.3) is 5.91 Å². The minimum absolute atomic E-state index is 0.00623. The topological polar surface area (TPSA) is 78.9 Å². The van der Waals surface area contributed by atoms with Gasteiger partial charge in [0, 0.05) is 0 Å². The number of imide groups is 1. The number of carbonyl (C=O) groups is 2. The Morgan fingerprint density at radius 2 is 1.97 bits per heavy atom. The molecule has 0 bridgehead atoms. The molecule has 152 valence electrons. The number of carbonyl (C=O) groups excluding carboxylic acids is 2. The summed E-state index contributed by atoms with van der Waals surface area (Å²) in [4.78, 5) is 26.5. The Bertz CT molecular complexity index is 964. The zero-order valence-corrected chi connectivity index (χ0v) is 16.2. The predicted molar refractivity (Wildman–Crippen MR) is 104 cm³/mol. The van der Waals surface area contributed by atoms with Gasteiger partial charge in [-0.25, -0.2) is 9.18 Å². The monoisotopic (exact) mass is 398 g/mol. The smallest absolute Gasteiger partial charge is 0.325 e. The average molecular weight is 398 g/mol. The van der Waals surface area contributed by atoms with Gasteiger partial charge in [0.2, 0.25) is 0 Å². The highest BCUT2D eigenvalue weighted by Gasteiger charge is 2.49. The van der Waals surface area contributed by atoms with Gasteiger partial charge in [-0.05, 0) is 55.0 Å². The van der Waals surface area contributed by atoms with Crippen molar-refractivity contribution >= 4 is 11.9 Å². The summed E-state index contributed by atoms with van der Waals surface area (Å²) in [6.07, 6.45) is 1.95. The minimum Gasteiger partial charge on any atom is -0.488 e. The second kappa shape index (κ2) is 7.48. The molecule has 2 aliphatic rings. The molecule has 0 spiro atoms. The maximum Gasteiger partial charge on any atom is 0.325 e. The fraction of sp³-hybridized carbons (Fsp3) is 0.364. The number of rotatable bonds is 6. The Labute approximate surface area is 168 Å². The Morgan fingerprint density at radius 1 is 1.21 bits per heavy atom. The van der Waals surface area contributed by atoms with E-state index in [-0.39, 0.29) is 18.9 Å². The Balaban J connectivity index is 1.44. The summed E-state index contributed by atoms with van der Waals surface area (Å²) in [5.41, 5.74) is 2.05. The molecule has 0 aromatic heterocycles. The Morgan fingerprint density at radius 3 is 2.76 bits per heavy atom. The largest absolute Gasteiger partial charge is 0.488 e. The summed E-state index contributed by atoms with van der Waals surface area (Å²) in [5, 5.41) is 13.0. The molecule has 0 radical (unpaired) electrons. The number of ether oxygens (including phenoxy) is 1. The van der Waals surface area contributed by atoms with Crippen LogP contribution in [0.4, 0.5) is 9.18 Å². The van der Waals surface area contributed by atoms with E-state index in [2.05, 4.69) is 5.32 Å². The highest BCUT2D eigenvalue weighted by atomic mass is 19.1. The van der Waals surface area contributed by atoms with Gasteiger partial charge >= 0.3 is 6.03 Å². The number of aryl methyl sites for hydroxylation is 2. The zero-order chi connectivity index (χ0) is 20.6. The fourth-order valence-electron chi connectivity index (χ4n) is 3.95. The number of benzene rings is 2. The minimum atomic E-state index is -1.18. The lowest BCUT2D eigenvalue weighted by atomic mass is 9.89. The maximum atomic E-state index is 13.6. The van der Waals surface area contributed by atoms with Crippen LogP contribution in [0.5, 0.6) is 5.75 Å². The van der Waals surface area contributed by atoms with Crippen LogP contribution in [0.2, 0.25) is 0 Å². The first-order chi connectivity index (χ1) is 13.9. The van der Waals surface area contributed by atoms with E-state index in [4.69, 9.17) is 4.74 Å². The van der Waals surface area contributed by atoms with Gasteiger partial charge in [0.05, 0.1) is 6.54 Å². The highest BCUT2D eigenvalue weighted by Crippen LogP contribution is 2.32. The third-order valence-corrected chi connectivity index (χ3v) is 5.61. The molecule has 0 unspecified atom stereocenters. The molecule has 0 saturated carbocycles. The number of aliphatic hydroxyl groups excluding tert-OH is 1. The van der Waals surface area contributed by atoms with E-state index in [1.54, 1.807) is 13.0 Å².